The van der Waals surface area contributed by atoms with Crippen molar-refractivity contribution in [2.75, 3.05) is 16.8 Å². The van der Waals surface area contributed by atoms with Crippen LogP contribution in [0.15, 0.2) is 60.9 Å². The Kier molecular flexibility index (Phi) is 4.07. The Bertz CT molecular complexity index is 927. The lowest BCUT2D eigenvalue weighted by Crippen LogP contribution is -2.18. The molecule has 25 heavy (non-hydrogen) atoms. The summed E-state index contributed by atoms with van der Waals surface area (Å²) in [5.74, 6) is 0.424. The van der Waals surface area contributed by atoms with Crippen LogP contribution in [-0.2, 0) is 6.42 Å². The summed E-state index contributed by atoms with van der Waals surface area (Å²) in [5, 5.41) is 3.33. The van der Waals surface area contributed by atoms with Crippen molar-refractivity contribution in [3.63, 3.8) is 0 Å². The first-order chi connectivity index (χ1) is 12.2. The second-order valence-corrected chi connectivity index (χ2v) is 6.19. The van der Waals surface area contributed by atoms with Gasteiger partial charge in [0.15, 0.2) is 5.82 Å². The summed E-state index contributed by atoms with van der Waals surface area (Å²) in [6.07, 6.45) is 4.11. The van der Waals surface area contributed by atoms with Crippen molar-refractivity contribution in [3.05, 3.63) is 77.2 Å². The number of amides is 1. The largest absolute Gasteiger partial charge is 0.325 e. The summed E-state index contributed by atoms with van der Waals surface area (Å²) in [4.78, 5) is 23.1. The summed E-state index contributed by atoms with van der Waals surface area (Å²) in [5.41, 5.74) is 3.33. The number of nitrogens with one attached hydrogen (secondary N) is 1. The molecule has 1 amide bonds. The smallest absolute Gasteiger partial charge is 0.275 e. The SMILES string of the molecule is O=C(Nc1cccc(Cl)c1)c1cnc(N2CCc3ccccc32)cn1. The molecule has 2 aromatic carbocycles. The molecule has 6 heteroatoms. The highest BCUT2D eigenvalue weighted by Crippen LogP contribution is 2.32. The number of rotatable bonds is 3. The van der Waals surface area contributed by atoms with Gasteiger partial charge in [-0.2, -0.15) is 0 Å². The van der Waals surface area contributed by atoms with Crippen LogP contribution in [0.5, 0.6) is 0 Å². The van der Waals surface area contributed by atoms with Crippen LogP contribution in [0.3, 0.4) is 0 Å². The molecule has 0 saturated heterocycles. The molecule has 1 N–H and O–H groups in total. The normalized spacial score (nSPS) is 12.8. The molecule has 0 spiro atoms. The molecular weight excluding hydrogens is 336 g/mol. The van der Waals surface area contributed by atoms with Gasteiger partial charge in [-0.05, 0) is 36.2 Å². The fourth-order valence-corrected chi connectivity index (χ4v) is 3.11. The highest BCUT2D eigenvalue weighted by atomic mass is 35.5. The minimum absolute atomic E-state index is 0.260. The zero-order valence-electron chi connectivity index (χ0n) is 13.3. The molecule has 3 aromatic rings. The van der Waals surface area contributed by atoms with E-state index >= 15 is 0 Å². The molecule has 124 valence electrons. The van der Waals surface area contributed by atoms with E-state index in [2.05, 4.69) is 32.3 Å². The number of halogens is 1. The van der Waals surface area contributed by atoms with E-state index in [1.165, 1.54) is 11.8 Å². The van der Waals surface area contributed by atoms with Gasteiger partial charge in [0.1, 0.15) is 5.69 Å². The maximum Gasteiger partial charge on any atom is 0.275 e. The molecule has 1 aliphatic heterocycles. The number of benzene rings is 2. The third-order valence-corrected chi connectivity index (χ3v) is 4.35. The Morgan fingerprint density at radius 1 is 1.08 bits per heavy atom. The zero-order chi connectivity index (χ0) is 17.2. The number of hydrogen-bond acceptors (Lipinski definition) is 4. The Morgan fingerprint density at radius 3 is 2.76 bits per heavy atom. The van der Waals surface area contributed by atoms with E-state index in [1.807, 2.05) is 12.1 Å². The van der Waals surface area contributed by atoms with E-state index < -0.39 is 0 Å². The number of hydrogen-bond donors (Lipinski definition) is 1. The number of nitrogens with zero attached hydrogens (tertiary/aromatic N) is 3. The molecule has 1 aromatic heterocycles. The van der Waals surface area contributed by atoms with E-state index in [-0.39, 0.29) is 11.6 Å². The molecule has 5 nitrogen and oxygen atoms in total. The van der Waals surface area contributed by atoms with Crippen LogP contribution in [-0.4, -0.2) is 22.4 Å². The second kappa shape index (κ2) is 6.53. The van der Waals surface area contributed by atoms with Gasteiger partial charge in [-0.25, -0.2) is 9.97 Å². The van der Waals surface area contributed by atoms with Crippen LogP contribution in [0, 0.1) is 0 Å². The van der Waals surface area contributed by atoms with Gasteiger partial charge in [-0.1, -0.05) is 35.9 Å². The van der Waals surface area contributed by atoms with Gasteiger partial charge in [0.25, 0.3) is 5.91 Å². The van der Waals surface area contributed by atoms with Crippen LogP contribution >= 0.6 is 11.6 Å². The van der Waals surface area contributed by atoms with Crippen LogP contribution < -0.4 is 10.2 Å². The molecule has 4 rings (SSSR count). The van der Waals surface area contributed by atoms with E-state index in [0.29, 0.717) is 10.7 Å². The third kappa shape index (κ3) is 3.19. The van der Waals surface area contributed by atoms with E-state index in [9.17, 15) is 4.79 Å². The van der Waals surface area contributed by atoms with Gasteiger partial charge >= 0.3 is 0 Å². The van der Waals surface area contributed by atoms with E-state index in [4.69, 9.17) is 11.6 Å². The van der Waals surface area contributed by atoms with Crippen molar-refractivity contribution < 1.29 is 4.79 Å². The summed E-state index contributed by atoms with van der Waals surface area (Å²) in [7, 11) is 0. The first kappa shape index (κ1) is 15.6. The summed E-state index contributed by atoms with van der Waals surface area (Å²) >= 11 is 5.92. The van der Waals surface area contributed by atoms with Gasteiger partial charge in [0, 0.05) is 22.9 Å². The van der Waals surface area contributed by atoms with Crippen molar-refractivity contribution in [1.82, 2.24) is 9.97 Å². The highest BCUT2D eigenvalue weighted by molar-refractivity contribution is 6.30. The average Bonchev–Trinajstić information content (AvgIpc) is 3.06. The number of anilines is 3. The molecule has 2 heterocycles. The van der Waals surface area contributed by atoms with Crippen LogP contribution in [0.2, 0.25) is 5.02 Å². The van der Waals surface area contributed by atoms with Crippen LogP contribution in [0.4, 0.5) is 17.2 Å². The number of carbonyl (C=O) groups is 1. The van der Waals surface area contributed by atoms with Gasteiger partial charge in [0.2, 0.25) is 0 Å². The van der Waals surface area contributed by atoms with E-state index in [1.54, 1.807) is 30.5 Å². The van der Waals surface area contributed by atoms with Gasteiger partial charge in [-0.3, -0.25) is 4.79 Å². The predicted octanol–water partition coefficient (Wildman–Crippen LogP) is 4.08. The van der Waals surface area contributed by atoms with Gasteiger partial charge in [-0.15, -0.1) is 0 Å². The van der Waals surface area contributed by atoms with Crippen molar-refractivity contribution in [3.8, 4) is 0 Å². The fourth-order valence-electron chi connectivity index (χ4n) is 2.92. The quantitative estimate of drug-likeness (QED) is 0.773. The average molecular weight is 351 g/mol. The minimum Gasteiger partial charge on any atom is -0.325 e. The van der Waals surface area contributed by atoms with Crippen molar-refractivity contribution >= 4 is 34.7 Å². The molecule has 0 radical (unpaired) electrons. The first-order valence-electron chi connectivity index (χ1n) is 7.95. The molecule has 0 atom stereocenters. The molecular formula is C19H15ClN4O. The first-order valence-corrected chi connectivity index (χ1v) is 8.33. The maximum absolute atomic E-state index is 12.3. The molecule has 0 unspecified atom stereocenters. The van der Waals surface area contributed by atoms with Gasteiger partial charge < -0.3 is 10.2 Å². The van der Waals surface area contributed by atoms with Crippen LogP contribution in [0.25, 0.3) is 0 Å². The van der Waals surface area contributed by atoms with Crippen LogP contribution in [0.1, 0.15) is 16.1 Å². The maximum atomic E-state index is 12.3. The lowest BCUT2D eigenvalue weighted by molar-refractivity contribution is 0.102. The van der Waals surface area contributed by atoms with E-state index in [0.717, 1.165) is 24.5 Å². The number of fused-ring (bicyclic) bond motifs is 1. The minimum atomic E-state index is -0.317. The molecule has 0 fully saturated rings. The van der Waals surface area contributed by atoms with Crippen molar-refractivity contribution in [1.29, 1.82) is 0 Å². The molecule has 1 aliphatic rings. The summed E-state index contributed by atoms with van der Waals surface area (Å²) < 4.78 is 0. The fraction of sp³-hybridized carbons (Fsp3) is 0.105. The third-order valence-electron chi connectivity index (χ3n) is 4.12. The van der Waals surface area contributed by atoms with Crippen molar-refractivity contribution in [2.45, 2.75) is 6.42 Å². The lowest BCUT2D eigenvalue weighted by Gasteiger charge is -2.17. The summed E-state index contributed by atoms with van der Waals surface area (Å²) in [6, 6.07) is 15.2. The Balaban J connectivity index is 1.52. The number of aromatic nitrogens is 2. The predicted molar refractivity (Wildman–Crippen MR) is 98.6 cm³/mol. The standard InChI is InChI=1S/C19H15ClN4O/c20-14-5-3-6-15(10-14)23-19(25)16-11-22-18(12-21-16)24-9-8-13-4-1-2-7-17(13)24/h1-7,10-12H,8-9H2,(H,23,25). The topological polar surface area (TPSA) is 58.1 Å². The molecule has 0 saturated carbocycles. The number of carbonyl (C=O) groups excluding carboxylic acids is 1. The zero-order valence-corrected chi connectivity index (χ0v) is 14.1. The summed E-state index contributed by atoms with van der Waals surface area (Å²) in [6.45, 7) is 0.863. The monoisotopic (exact) mass is 350 g/mol. The Hall–Kier alpha value is -2.92. The Labute approximate surface area is 150 Å². The van der Waals surface area contributed by atoms with Gasteiger partial charge in [0.05, 0.1) is 12.4 Å². The number of para-hydroxylation sites is 1. The Morgan fingerprint density at radius 2 is 1.96 bits per heavy atom. The second-order valence-electron chi connectivity index (χ2n) is 5.75. The molecule has 0 bridgehead atoms. The highest BCUT2D eigenvalue weighted by Gasteiger charge is 2.21. The molecule has 0 aliphatic carbocycles. The lowest BCUT2D eigenvalue weighted by atomic mass is 10.2. The van der Waals surface area contributed by atoms with Crippen molar-refractivity contribution in [2.24, 2.45) is 0 Å².